The molecule has 3 aromatic rings. The first-order chi connectivity index (χ1) is 13.1. The van der Waals surface area contributed by atoms with Gasteiger partial charge in [-0.3, -0.25) is 4.79 Å². The summed E-state index contributed by atoms with van der Waals surface area (Å²) in [5.41, 5.74) is 3.74. The number of hydrazone groups is 1. The standard InChI is InChI=1S/C19H17F2N5O/c20-15-7-8-16(17(21)10-15)18(11-26-13-22-12-23-26)24-25-19(27)9-6-14-4-2-1-3-5-14/h1-5,7-8,10,12-13H,6,9,11H2,(H,25,27)/b24-18-. The molecule has 0 spiro atoms. The summed E-state index contributed by atoms with van der Waals surface area (Å²) in [5.74, 6) is -1.77. The number of carbonyl (C=O) groups excluding carboxylic acids is 1. The Morgan fingerprint density at radius 2 is 1.96 bits per heavy atom. The largest absolute Gasteiger partial charge is 0.273 e. The molecule has 0 unspecified atom stereocenters. The van der Waals surface area contributed by atoms with Crippen LogP contribution in [-0.2, 0) is 17.8 Å². The third-order valence-electron chi connectivity index (χ3n) is 3.82. The van der Waals surface area contributed by atoms with Gasteiger partial charge in [-0.25, -0.2) is 23.9 Å². The molecule has 2 aromatic carbocycles. The molecule has 138 valence electrons. The molecule has 0 aliphatic carbocycles. The fourth-order valence-corrected chi connectivity index (χ4v) is 2.46. The SMILES string of the molecule is O=C(CCc1ccccc1)N/N=C(/Cn1cncn1)c1ccc(F)cc1F. The van der Waals surface area contributed by atoms with Crippen LogP contribution in [0.25, 0.3) is 0 Å². The number of rotatable bonds is 7. The van der Waals surface area contributed by atoms with E-state index in [0.29, 0.717) is 6.42 Å². The number of aryl methyl sites for hydroxylation is 1. The summed E-state index contributed by atoms with van der Waals surface area (Å²) in [4.78, 5) is 15.9. The van der Waals surface area contributed by atoms with Crippen LogP contribution >= 0.6 is 0 Å². The maximum Gasteiger partial charge on any atom is 0.240 e. The Balaban J connectivity index is 1.72. The van der Waals surface area contributed by atoms with E-state index in [1.807, 2.05) is 30.3 Å². The van der Waals surface area contributed by atoms with Crippen LogP contribution in [0.3, 0.4) is 0 Å². The zero-order valence-corrected chi connectivity index (χ0v) is 14.3. The van der Waals surface area contributed by atoms with Gasteiger partial charge < -0.3 is 0 Å². The molecule has 0 saturated heterocycles. The maximum absolute atomic E-state index is 14.1. The molecule has 27 heavy (non-hydrogen) atoms. The summed E-state index contributed by atoms with van der Waals surface area (Å²) in [7, 11) is 0. The molecule has 0 fully saturated rings. The summed E-state index contributed by atoms with van der Waals surface area (Å²) in [6.45, 7) is 0.0710. The second-order valence-electron chi connectivity index (χ2n) is 5.80. The number of hydrogen-bond acceptors (Lipinski definition) is 4. The molecular weight excluding hydrogens is 352 g/mol. The number of nitrogens with one attached hydrogen (secondary N) is 1. The predicted molar refractivity (Wildman–Crippen MR) is 95.8 cm³/mol. The summed E-state index contributed by atoms with van der Waals surface area (Å²) >= 11 is 0. The highest BCUT2D eigenvalue weighted by atomic mass is 19.1. The van der Waals surface area contributed by atoms with E-state index in [1.54, 1.807) is 0 Å². The van der Waals surface area contributed by atoms with Gasteiger partial charge in [-0.15, -0.1) is 0 Å². The monoisotopic (exact) mass is 369 g/mol. The van der Waals surface area contributed by atoms with Crippen LogP contribution in [-0.4, -0.2) is 26.4 Å². The van der Waals surface area contributed by atoms with E-state index < -0.39 is 11.6 Å². The minimum Gasteiger partial charge on any atom is -0.273 e. The van der Waals surface area contributed by atoms with Crippen LogP contribution in [0, 0.1) is 11.6 Å². The molecule has 0 aliphatic rings. The molecule has 1 N–H and O–H groups in total. The third-order valence-corrected chi connectivity index (χ3v) is 3.82. The highest BCUT2D eigenvalue weighted by Gasteiger charge is 2.13. The topological polar surface area (TPSA) is 72.2 Å². The number of benzene rings is 2. The van der Waals surface area contributed by atoms with Gasteiger partial charge in [-0.05, 0) is 24.1 Å². The van der Waals surface area contributed by atoms with Crippen molar-refractivity contribution < 1.29 is 13.6 Å². The van der Waals surface area contributed by atoms with Gasteiger partial charge in [0, 0.05) is 18.1 Å². The molecule has 1 aromatic heterocycles. The smallest absolute Gasteiger partial charge is 0.240 e. The van der Waals surface area contributed by atoms with E-state index in [2.05, 4.69) is 20.6 Å². The Morgan fingerprint density at radius 1 is 1.15 bits per heavy atom. The molecule has 8 heteroatoms. The van der Waals surface area contributed by atoms with Crippen molar-refractivity contribution in [3.8, 4) is 0 Å². The zero-order valence-electron chi connectivity index (χ0n) is 14.3. The normalized spacial score (nSPS) is 11.4. The molecule has 1 heterocycles. The fourth-order valence-electron chi connectivity index (χ4n) is 2.46. The van der Waals surface area contributed by atoms with E-state index in [4.69, 9.17) is 0 Å². The Bertz CT molecular complexity index is 927. The van der Waals surface area contributed by atoms with Gasteiger partial charge in [0.15, 0.2) is 0 Å². The Morgan fingerprint density at radius 3 is 2.67 bits per heavy atom. The van der Waals surface area contributed by atoms with Gasteiger partial charge >= 0.3 is 0 Å². The van der Waals surface area contributed by atoms with Crippen LogP contribution in [0.5, 0.6) is 0 Å². The second-order valence-corrected chi connectivity index (χ2v) is 5.80. The van der Waals surface area contributed by atoms with Gasteiger partial charge in [0.05, 0.1) is 12.3 Å². The average molecular weight is 369 g/mol. The predicted octanol–water partition coefficient (Wildman–Crippen LogP) is 2.71. The van der Waals surface area contributed by atoms with Gasteiger partial charge in [0.25, 0.3) is 0 Å². The Kier molecular flexibility index (Phi) is 5.98. The van der Waals surface area contributed by atoms with Crippen LogP contribution in [0.1, 0.15) is 17.5 Å². The maximum atomic E-state index is 14.1. The van der Waals surface area contributed by atoms with E-state index in [9.17, 15) is 13.6 Å². The van der Waals surface area contributed by atoms with E-state index in [-0.39, 0.29) is 30.1 Å². The molecule has 0 radical (unpaired) electrons. The number of aromatic nitrogens is 3. The van der Waals surface area contributed by atoms with Crippen molar-refractivity contribution in [3.63, 3.8) is 0 Å². The lowest BCUT2D eigenvalue weighted by Gasteiger charge is -2.09. The van der Waals surface area contributed by atoms with E-state index in [1.165, 1.54) is 23.4 Å². The number of nitrogens with zero attached hydrogens (tertiary/aromatic N) is 4. The first-order valence-corrected chi connectivity index (χ1v) is 8.29. The Hall–Kier alpha value is -3.42. The summed E-state index contributed by atoms with van der Waals surface area (Å²) in [5, 5.41) is 7.98. The number of hydrogen-bond donors (Lipinski definition) is 1. The average Bonchev–Trinajstić information content (AvgIpc) is 3.18. The van der Waals surface area contributed by atoms with Crippen molar-refractivity contribution in [2.75, 3.05) is 0 Å². The van der Waals surface area contributed by atoms with Crippen LogP contribution < -0.4 is 5.43 Å². The summed E-state index contributed by atoms with van der Waals surface area (Å²) in [6, 6.07) is 12.7. The lowest BCUT2D eigenvalue weighted by Crippen LogP contribution is -2.23. The van der Waals surface area contributed by atoms with Gasteiger partial charge in [-0.2, -0.15) is 10.2 Å². The highest BCUT2D eigenvalue weighted by Crippen LogP contribution is 2.12. The molecule has 0 atom stereocenters. The summed E-state index contributed by atoms with van der Waals surface area (Å²) < 4.78 is 28.8. The molecule has 0 bridgehead atoms. The number of amides is 1. The second kappa shape index (κ2) is 8.79. The van der Waals surface area contributed by atoms with Crippen LogP contribution in [0.15, 0.2) is 66.3 Å². The van der Waals surface area contributed by atoms with Crippen molar-refractivity contribution in [1.82, 2.24) is 20.2 Å². The zero-order chi connectivity index (χ0) is 19.1. The number of halogens is 2. The van der Waals surface area contributed by atoms with Crippen molar-refractivity contribution in [2.45, 2.75) is 19.4 Å². The van der Waals surface area contributed by atoms with Gasteiger partial charge in [0.1, 0.15) is 24.3 Å². The molecular formula is C19H17F2N5O. The molecule has 3 rings (SSSR count). The van der Waals surface area contributed by atoms with Gasteiger partial charge in [-0.1, -0.05) is 30.3 Å². The first-order valence-electron chi connectivity index (χ1n) is 8.29. The number of carbonyl (C=O) groups is 1. The van der Waals surface area contributed by atoms with Crippen molar-refractivity contribution in [3.05, 3.63) is 83.9 Å². The highest BCUT2D eigenvalue weighted by molar-refractivity contribution is 6.01. The molecule has 6 nitrogen and oxygen atoms in total. The molecule has 0 aliphatic heterocycles. The van der Waals surface area contributed by atoms with Crippen molar-refractivity contribution >= 4 is 11.6 Å². The minimum atomic E-state index is -0.771. The van der Waals surface area contributed by atoms with E-state index >= 15 is 0 Å². The lowest BCUT2D eigenvalue weighted by molar-refractivity contribution is -0.121. The van der Waals surface area contributed by atoms with E-state index in [0.717, 1.165) is 17.7 Å². The van der Waals surface area contributed by atoms with Crippen molar-refractivity contribution in [1.29, 1.82) is 0 Å². The van der Waals surface area contributed by atoms with Crippen LogP contribution in [0.2, 0.25) is 0 Å². The summed E-state index contributed by atoms with van der Waals surface area (Å²) in [6.07, 6.45) is 3.56. The molecule has 1 amide bonds. The first kappa shape index (κ1) is 18.4. The third kappa shape index (κ3) is 5.27. The quantitative estimate of drug-likeness (QED) is 0.514. The molecule has 0 saturated carbocycles. The Labute approximate surface area is 154 Å². The van der Waals surface area contributed by atoms with Gasteiger partial charge in [0.2, 0.25) is 5.91 Å². The van der Waals surface area contributed by atoms with Crippen molar-refractivity contribution in [2.24, 2.45) is 5.10 Å². The fraction of sp³-hybridized carbons (Fsp3) is 0.158. The van der Waals surface area contributed by atoms with Crippen LogP contribution in [0.4, 0.5) is 8.78 Å². The lowest BCUT2D eigenvalue weighted by atomic mass is 10.1. The minimum absolute atomic E-state index is 0.0710.